The molecule has 5 nitrogen and oxygen atoms in total. The van der Waals surface area contributed by atoms with E-state index in [-0.39, 0.29) is 17.1 Å². The van der Waals surface area contributed by atoms with E-state index in [4.69, 9.17) is 0 Å². The van der Waals surface area contributed by atoms with Gasteiger partial charge in [-0.2, -0.15) is 0 Å². The van der Waals surface area contributed by atoms with Crippen molar-refractivity contribution < 1.29 is 9.18 Å². The van der Waals surface area contributed by atoms with Crippen molar-refractivity contribution in [3.63, 3.8) is 0 Å². The van der Waals surface area contributed by atoms with Gasteiger partial charge in [0, 0.05) is 45.1 Å². The predicted molar refractivity (Wildman–Crippen MR) is 119 cm³/mol. The minimum absolute atomic E-state index is 0.226. The quantitative estimate of drug-likeness (QED) is 0.542. The van der Waals surface area contributed by atoms with E-state index in [9.17, 15) is 9.18 Å². The molecule has 0 aromatic heterocycles. The zero-order valence-electron chi connectivity index (χ0n) is 18.0. The first kappa shape index (κ1) is 21.8. The molecule has 6 heteroatoms. The normalized spacial score (nSPS) is 14.9. The minimum Gasteiger partial charge on any atom is -0.356 e. The van der Waals surface area contributed by atoms with Gasteiger partial charge in [0.25, 0.3) is 0 Å². The van der Waals surface area contributed by atoms with E-state index >= 15 is 0 Å². The minimum atomic E-state index is -0.256. The molecule has 2 aromatic carbocycles. The fourth-order valence-electron chi connectivity index (χ4n) is 3.68. The highest BCUT2D eigenvalue weighted by molar-refractivity contribution is 5.80. The molecule has 1 aliphatic heterocycles. The van der Waals surface area contributed by atoms with Gasteiger partial charge in [0.2, 0.25) is 5.91 Å². The van der Waals surface area contributed by atoms with Gasteiger partial charge < -0.3 is 15.5 Å². The second kappa shape index (κ2) is 9.74. The molecule has 0 aliphatic carbocycles. The maximum atomic E-state index is 13.6. The zero-order chi connectivity index (χ0) is 21.6. The highest BCUT2D eigenvalue weighted by Crippen LogP contribution is 2.23. The van der Waals surface area contributed by atoms with Crippen LogP contribution in [0.4, 0.5) is 4.39 Å². The lowest BCUT2D eigenvalue weighted by molar-refractivity contribution is -0.128. The van der Waals surface area contributed by atoms with Gasteiger partial charge in [-0.05, 0) is 35.2 Å². The van der Waals surface area contributed by atoms with Crippen LogP contribution in [0.3, 0.4) is 0 Å². The molecule has 2 N–H and O–H groups in total. The number of hydrogen-bond acceptors (Lipinski definition) is 2. The summed E-state index contributed by atoms with van der Waals surface area (Å²) in [5, 5.41) is 6.71. The summed E-state index contributed by atoms with van der Waals surface area (Å²) in [4.78, 5) is 18.2. The third-order valence-corrected chi connectivity index (χ3v) is 5.62. The number of nitrogens with zero attached hydrogens (tertiary/aromatic N) is 2. The van der Waals surface area contributed by atoms with Crippen LogP contribution >= 0.6 is 0 Å². The van der Waals surface area contributed by atoms with Gasteiger partial charge in [0.15, 0.2) is 5.96 Å². The molecule has 1 saturated heterocycles. The summed E-state index contributed by atoms with van der Waals surface area (Å²) in [7, 11) is 1.74. The summed E-state index contributed by atoms with van der Waals surface area (Å²) >= 11 is 0. The Bertz CT molecular complexity index is 910. The van der Waals surface area contributed by atoms with E-state index in [0.29, 0.717) is 32.0 Å². The van der Waals surface area contributed by atoms with Crippen molar-refractivity contribution in [1.29, 1.82) is 0 Å². The first-order chi connectivity index (χ1) is 14.4. The molecule has 0 unspecified atom stereocenters. The lowest BCUT2D eigenvalue weighted by atomic mass is 9.84. The molecule has 0 spiro atoms. The van der Waals surface area contributed by atoms with Crippen LogP contribution in [0.2, 0.25) is 0 Å². The molecule has 1 heterocycles. The van der Waals surface area contributed by atoms with Crippen LogP contribution in [0, 0.1) is 5.82 Å². The standard InChI is InChI=1S/C24H31FN4O/c1-24(2,20-10-6-11-21(25)14-20)17-28-23(26-3)27-15-18-8-4-5-9-19(18)16-29-13-7-12-22(29)30/h4-6,8-11,14H,7,12-13,15-17H2,1-3H3,(H2,26,27,28). The number of halogens is 1. The lowest BCUT2D eigenvalue weighted by Crippen LogP contribution is -2.43. The van der Waals surface area contributed by atoms with Crippen LogP contribution in [0.5, 0.6) is 0 Å². The van der Waals surface area contributed by atoms with E-state index < -0.39 is 0 Å². The van der Waals surface area contributed by atoms with Crippen molar-refractivity contribution in [2.24, 2.45) is 4.99 Å². The third kappa shape index (κ3) is 5.59. The number of benzene rings is 2. The van der Waals surface area contributed by atoms with Gasteiger partial charge in [-0.25, -0.2) is 4.39 Å². The number of aliphatic imine (C=N–C) groups is 1. The molecular formula is C24H31FN4O. The number of amides is 1. The molecule has 0 bridgehead atoms. The number of rotatable bonds is 7. The first-order valence-corrected chi connectivity index (χ1v) is 10.4. The monoisotopic (exact) mass is 410 g/mol. The lowest BCUT2D eigenvalue weighted by Gasteiger charge is -2.27. The van der Waals surface area contributed by atoms with Crippen LogP contribution in [0.25, 0.3) is 0 Å². The predicted octanol–water partition coefficient (Wildman–Crippen LogP) is 3.59. The maximum Gasteiger partial charge on any atom is 0.222 e. The molecule has 160 valence electrons. The molecule has 3 rings (SSSR count). The van der Waals surface area contributed by atoms with Gasteiger partial charge in [-0.3, -0.25) is 9.79 Å². The van der Waals surface area contributed by atoms with Crippen LogP contribution in [-0.2, 0) is 23.3 Å². The highest BCUT2D eigenvalue weighted by atomic mass is 19.1. The molecule has 0 saturated carbocycles. The summed E-state index contributed by atoms with van der Waals surface area (Å²) in [6.45, 7) is 6.85. The smallest absolute Gasteiger partial charge is 0.222 e. The SMILES string of the molecule is CN=C(NCc1ccccc1CN1CCCC1=O)NCC(C)(C)c1cccc(F)c1. The summed E-state index contributed by atoms with van der Waals surface area (Å²) in [6.07, 6.45) is 1.59. The second-order valence-corrected chi connectivity index (χ2v) is 8.36. The van der Waals surface area contributed by atoms with Crippen molar-refractivity contribution in [3.8, 4) is 0 Å². The van der Waals surface area contributed by atoms with Gasteiger partial charge in [-0.1, -0.05) is 50.2 Å². The highest BCUT2D eigenvalue weighted by Gasteiger charge is 2.22. The van der Waals surface area contributed by atoms with Crippen molar-refractivity contribution >= 4 is 11.9 Å². The Balaban J connectivity index is 1.59. The average Bonchev–Trinajstić information content (AvgIpc) is 3.13. The molecule has 2 aromatic rings. The van der Waals surface area contributed by atoms with Gasteiger partial charge >= 0.3 is 0 Å². The van der Waals surface area contributed by atoms with E-state index in [1.165, 1.54) is 6.07 Å². The van der Waals surface area contributed by atoms with Crippen LogP contribution < -0.4 is 10.6 Å². The van der Waals surface area contributed by atoms with E-state index in [1.54, 1.807) is 19.2 Å². The van der Waals surface area contributed by atoms with Gasteiger partial charge in [-0.15, -0.1) is 0 Å². The average molecular weight is 411 g/mol. The van der Waals surface area contributed by atoms with E-state index in [2.05, 4.69) is 41.6 Å². The number of guanidine groups is 1. The second-order valence-electron chi connectivity index (χ2n) is 8.36. The Hall–Kier alpha value is -2.89. The van der Waals surface area contributed by atoms with Crippen LogP contribution in [0.15, 0.2) is 53.5 Å². The number of carbonyl (C=O) groups is 1. The Kier molecular flexibility index (Phi) is 7.08. The fourth-order valence-corrected chi connectivity index (χ4v) is 3.68. The van der Waals surface area contributed by atoms with Gasteiger partial charge in [0.05, 0.1) is 0 Å². The fraction of sp³-hybridized carbons (Fsp3) is 0.417. The summed E-state index contributed by atoms with van der Waals surface area (Å²) < 4.78 is 13.6. The Morgan fingerprint density at radius 1 is 1.13 bits per heavy atom. The first-order valence-electron chi connectivity index (χ1n) is 10.4. The molecule has 0 radical (unpaired) electrons. The topological polar surface area (TPSA) is 56.7 Å². The summed E-state index contributed by atoms with van der Waals surface area (Å²) in [5.74, 6) is 0.692. The van der Waals surface area contributed by atoms with Crippen molar-refractivity contribution in [3.05, 3.63) is 71.0 Å². The van der Waals surface area contributed by atoms with E-state index in [0.717, 1.165) is 29.7 Å². The molecule has 30 heavy (non-hydrogen) atoms. The van der Waals surface area contributed by atoms with Crippen LogP contribution in [-0.4, -0.2) is 36.9 Å². The third-order valence-electron chi connectivity index (χ3n) is 5.62. The molecular weight excluding hydrogens is 379 g/mol. The number of carbonyl (C=O) groups excluding carboxylic acids is 1. The molecule has 1 amide bonds. The maximum absolute atomic E-state index is 13.6. The molecule has 0 atom stereocenters. The summed E-state index contributed by atoms with van der Waals surface area (Å²) in [5.41, 5.74) is 2.97. The summed E-state index contributed by atoms with van der Waals surface area (Å²) in [6, 6.07) is 14.9. The van der Waals surface area contributed by atoms with Gasteiger partial charge in [0.1, 0.15) is 5.82 Å². The molecule has 1 aliphatic rings. The number of likely N-dealkylation sites (tertiary alicyclic amines) is 1. The number of nitrogens with one attached hydrogen (secondary N) is 2. The number of hydrogen-bond donors (Lipinski definition) is 2. The van der Waals surface area contributed by atoms with Crippen molar-refractivity contribution in [2.45, 2.75) is 45.2 Å². The zero-order valence-corrected chi connectivity index (χ0v) is 18.0. The largest absolute Gasteiger partial charge is 0.356 e. The Morgan fingerprint density at radius 2 is 1.90 bits per heavy atom. The molecule has 1 fully saturated rings. The Labute approximate surface area is 178 Å². The van der Waals surface area contributed by atoms with E-state index in [1.807, 2.05) is 23.1 Å². The van der Waals surface area contributed by atoms with Crippen molar-refractivity contribution in [1.82, 2.24) is 15.5 Å². The Morgan fingerprint density at radius 3 is 2.57 bits per heavy atom. The van der Waals surface area contributed by atoms with Crippen LogP contribution in [0.1, 0.15) is 43.4 Å². The van der Waals surface area contributed by atoms with Crippen molar-refractivity contribution in [2.75, 3.05) is 20.1 Å².